The second kappa shape index (κ2) is 8.01. The van der Waals surface area contributed by atoms with Crippen molar-refractivity contribution >= 4 is 11.6 Å². The quantitative estimate of drug-likeness (QED) is 0.710. The van der Waals surface area contributed by atoms with Gasteiger partial charge in [0.2, 0.25) is 0 Å². The van der Waals surface area contributed by atoms with Crippen LogP contribution in [0.4, 0.5) is 0 Å². The molecule has 0 atom stereocenters. The Morgan fingerprint density at radius 2 is 2.08 bits per heavy atom. The molecule has 0 spiro atoms. The number of aromatic nitrogens is 2. The number of nitrogens with zero attached hydrogens (tertiary/aromatic N) is 3. The summed E-state index contributed by atoms with van der Waals surface area (Å²) in [6, 6.07) is 11.3. The van der Waals surface area contributed by atoms with Crippen LogP contribution in [-0.4, -0.2) is 47.4 Å². The van der Waals surface area contributed by atoms with Gasteiger partial charge in [-0.15, -0.1) is 0 Å². The van der Waals surface area contributed by atoms with Crippen LogP contribution in [0.5, 0.6) is 5.75 Å². The van der Waals surface area contributed by atoms with Gasteiger partial charge in [0.05, 0.1) is 11.3 Å². The van der Waals surface area contributed by atoms with E-state index >= 15 is 0 Å². The van der Waals surface area contributed by atoms with E-state index in [1.807, 2.05) is 61.1 Å². The van der Waals surface area contributed by atoms with Crippen LogP contribution in [0, 0.1) is 6.92 Å². The van der Waals surface area contributed by atoms with Crippen molar-refractivity contribution in [3.8, 4) is 5.75 Å². The maximum absolute atomic E-state index is 12.7. The molecule has 1 aromatic carbocycles. The number of carbonyl (C=O) groups is 1. The Labute approximate surface area is 153 Å². The Bertz CT molecular complexity index is 904. The first-order valence-electron chi connectivity index (χ1n) is 8.65. The largest absolute Gasteiger partial charge is 0.486 e. The van der Waals surface area contributed by atoms with Gasteiger partial charge in [-0.05, 0) is 37.7 Å². The average Bonchev–Trinajstić information content (AvgIpc) is 3.08. The molecule has 2 heterocycles. The normalized spacial score (nSPS) is 10.9. The first kappa shape index (κ1) is 17.9. The molecule has 0 radical (unpaired) electrons. The highest BCUT2D eigenvalue weighted by Gasteiger charge is 2.16. The van der Waals surface area contributed by atoms with Crippen LogP contribution in [-0.2, 0) is 6.61 Å². The molecule has 3 rings (SSSR count). The number of benzene rings is 1. The molecule has 6 heteroatoms. The summed E-state index contributed by atoms with van der Waals surface area (Å²) in [6.45, 7) is 3.72. The Kier molecular flexibility index (Phi) is 5.53. The van der Waals surface area contributed by atoms with E-state index in [0.29, 0.717) is 24.5 Å². The zero-order chi connectivity index (χ0) is 18.5. The monoisotopic (exact) mass is 352 g/mol. The fourth-order valence-corrected chi connectivity index (χ4v) is 2.78. The van der Waals surface area contributed by atoms with Crippen molar-refractivity contribution in [2.75, 3.05) is 27.2 Å². The van der Waals surface area contributed by atoms with E-state index in [0.717, 1.165) is 23.4 Å². The molecule has 0 unspecified atom stereocenters. The van der Waals surface area contributed by atoms with Gasteiger partial charge in [0.15, 0.2) is 0 Å². The summed E-state index contributed by atoms with van der Waals surface area (Å²) >= 11 is 0. The summed E-state index contributed by atoms with van der Waals surface area (Å²) in [5.74, 6) is 0.518. The van der Waals surface area contributed by atoms with E-state index < -0.39 is 0 Å². The molecule has 0 aliphatic carbocycles. The SMILES string of the molecule is CNCCN(C)C(=O)c1ccccc1OCc1cn2cccc(C)c2n1. The van der Waals surface area contributed by atoms with Crippen LogP contribution in [0.2, 0.25) is 0 Å². The predicted octanol–water partition coefficient (Wildman–Crippen LogP) is 2.51. The first-order chi connectivity index (χ1) is 12.6. The van der Waals surface area contributed by atoms with E-state index in [4.69, 9.17) is 4.74 Å². The highest BCUT2D eigenvalue weighted by molar-refractivity contribution is 5.96. The summed E-state index contributed by atoms with van der Waals surface area (Å²) in [5.41, 5.74) is 3.42. The molecule has 0 aliphatic rings. The number of imidazole rings is 1. The highest BCUT2D eigenvalue weighted by Crippen LogP contribution is 2.21. The van der Waals surface area contributed by atoms with Crippen LogP contribution in [0.1, 0.15) is 21.6 Å². The van der Waals surface area contributed by atoms with Crippen molar-refractivity contribution in [1.82, 2.24) is 19.6 Å². The molecule has 0 fully saturated rings. The zero-order valence-corrected chi connectivity index (χ0v) is 15.4. The fraction of sp³-hybridized carbons (Fsp3) is 0.300. The van der Waals surface area contributed by atoms with Gasteiger partial charge in [0, 0.05) is 32.5 Å². The molecule has 1 amide bonds. The van der Waals surface area contributed by atoms with E-state index in [1.165, 1.54) is 0 Å². The summed E-state index contributed by atoms with van der Waals surface area (Å²) < 4.78 is 7.91. The number of carbonyl (C=O) groups excluding carboxylic acids is 1. The van der Waals surface area contributed by atoms with E-state index in [2.05, 4.69) is 10.3 Å². The third-order valence-corrected chi connectivity index (χ3v) is 4.26. The Morgan fingerprint density at radius 1 is 1.27 bits per heavy atom. The zero-order valence-electron chi connectivity index (χ0n) is 15.4. The molecule has 3 aromatic rings. The van der Waals surface area contributed by atoms with Gasteiger partial charge in [-0.3, -0.25) is 4.79 Å². The second-order valence-electron chi connectivity index (χ2n) is 6.27. The van der Waals surface area contributed by atoms with Crippen LogP contribution < -0.4 is 10.1 Å². The summed E-state index contributed by atoms with van der Waals surface area (Å²) in [5, 5.41) is 3.05. The third kappa shape index (κ3) is 3.86. The van der Waals surface area contributed by atoms with Crippen molar-refractivity contribution in [3.05, 3.63) is 65.6 Å². The number of pyridine rings is 1. The van der Waals surface area contributed by atoms with Crippen LogP contribution in [0.25, 0.3) is 5.65 Å². The summed E-state index contributed by atoms with van der Waals surface area (Å²) in [4.78, 5) is 19.0. The van der Waals surface area contributed by atoms with Gasteiger partial charge in [0.25, 0.3) is 5.91 Å². The Balaban J connectivity index is 1.75. The summed E-state index contributed by atoms with van der Waals surface area (Å²) in [6.07, 6.45) is 3.92. The van der Waals surface area contributed by atoms with Crippen molar-refractivity contribution in [1.29, 1.82) is 0 Å². The molecule has 2 aromatic heterocycles. The molecule has 0 aliphatic heterocycles. The number of aryl methyl sites for hydroxylation is 1. The number of fused-ring (bicyclic) bond motifs is 1. The molecular formula is C20H24N4O2. The number of hydrogen-bond donors (Lipinski definition) is 1. The predicted molar refractivity (Wildman–Crippen MR) is 102 cm³/mol. The second-order valence-corrected chi connectivity index (χ2v) is 6.27. The van der Waals surface area contributed by atoms with E-state index in [-0.39, 0.29) is 5.91 Å². The minimum atomic E-state index is -0.0540. The van der Waals surface area contributed by atoms with Crippen LogP contribution in [0.15, 0.2) is 48.8 Å². The van der Waals surface area contributed by atoms with Crippen LogP contribution in [0.3, 0.4) is 0 Å². The molecule has 26 heavy (non-hydrogen) atoms. The third-order valence-electron chi connectivity index (χ3n) is 4.26. The van der Waals surface area contributed by atoms with Crippen molar-refractivity contribution in [2.24, 2.45) is 0 Å². The lowest BCUT2D eigenvalue weighted by Gasteiger charge is -2.18. The molecule has 0 saturated carbocycles. The smallest absolute Gasteiger partial charge is 0.257 e. The molecule has 1 N–H and O–H groups in total. The van der Waals surface area contributed by atoms with Gasteiger partial charge in [-0.25, -0.2) is 4.98 Å². The Hall–Kier alpha value is -2.86. The van der Waals surface area contributed by atoms with Gasteiger partial charge in [-0.2, -0.15) is 0 Å². The van der Waals surface area contributed by atoms with E-state index in [1.54, 1.807) is 18.0 Å². The lowest BCUT2D eigenvalue weighted by molar-refractivity contribution is 0.0792. The maximum Gasteiger partial charge on any atom is 0.257 e. The molecule has 6 nitrogen and oxygen atoms in total. The molecule has 0 saturated heterocycles. The number of likely N-dealkylation sites (N-methyl/N-ethyl adjacent to an activating group) is 2. The number of amides is 1. The van der Waals surface area contributed by atoms with Crippen molar-refractivity contribution in [2.45, 2.75) is 13.5 Å². The van der Waals surface area contributed by atoms with Crippen molar-refractivity contribution in [3.63, 3.8) is 0 Å². The minimum absolute atomic E-state index is 0.0540. The van der Waals surface area contributed by atoms with Gasteiger partial charge in [0.1, 0.15) is 18.0 Å². The van der Waals surface area contributed by atoms with Crippen LogP contribution >= 0.6 is 0 Å². The highest BCUT2D eigenvalue weighted by atomic mass is 16.5. The minimum Gasteiger partial charge on any atom is -0.486 e. The number of hydrogen-bond acceptors (Lipinski definition) is 4. The van der Waals surface area contributed by atoms with Gasteiger partial charge < -0.3 is 19.4 Å². The topological polar surface area (TPSA) is 58.9 Å². The molecule has 0 bridgehead atoms. The maximum atomic E-state index is 12.7. The number of nitrogens with one attached hydrogen (secondary N) is 1. The standard InChI is InChI=1S/C20H24N4O2/c1-15-7-6-11-24-13-16(22-19(15)24)14-26-18-9-5-4-8-17(18)20(25)23(3)12-10-21-2/h4-9,11,13,21H,10,12,14H2,1-3H3. The number of ether oxygens (including phenoxy) is 1. The average molecular weight is 352 g/mol. The van der Waals surface area contributed by atoms with Gasteiger partial charge in [-0.1, -0.05) is 18.2 Å². The van der Waals surface area contributed by atoms with E-state index in [9.17, 15) is 4.79 Å². The van der Waals surface area contributed by atoms with Crippen molar-refractivity contribution < 1.29 is 9.53 Å². The molecular weight excluding hydrogens is 328 g/mol. The number of rotatable bonds is 7. The summed E-state index contributed by atoms with van der Waals surface area (Å²) in [7, 11) is 3.66. The first-order valence-corrected chi connectivity index (χ1v) is 8.65. The Morgan fingerprint density at radius 3 is 2.85 bits per heavy atom. The van der Waals surface area contributed by atoms with Gasteiger partial charge >= 0.3 is 0 Å². The lowest BCUT2D eigenvalue weighted by Crippen LogP contribution is -2.33. The number of para-hydroxylation sites is 1. The fourth-order valence-electron chi connectivity index (χ4n) is 2.78. The molecule has 136 valence electrons. The lowest BCUT2D eigenvalue weighted by atomic mass is 10.1.